The summed E-state index contributed by atoms with van der Waals surface area (Å²) in [4.78, 5) is 12.2. The van der Waals surface area contributed by atoms with E-state index in [-0.39, 0.29) is 0 Å². The van der Waals surface area contributed by atoms with Crippen molar-refractivity contribution in [3.05, 3.63) is 34.9 Å². The summed E-state index contributed by atoms with van der Waals surface area (Å²) in [6, 6.07) is 6.55. The molecule has 98 valence electrons. The molecule has 1 aliphatic heterocycles. The first-order valence-corrected chi connectivity index (χ1v) is 7.01. The molecule has 0 radical (unpaired) electrons. The molecule has 1 atom stereocenters. The van der Waals surface area contributed by atoms with Crippen molar-refractivity contribution >= 4 is 5.78 Å². The number of hydrogen-bond donors (Lipinski definition) is 1. The summed E-state index contributed by atoms with van der Waals surface area (Å²) in [6.07, 6.45) is 5.45. The molecule has 1 aromatic rings. The van der Waals surface area contributed by atoms with E-state index in [0.717, 1.165) is 24.1 Å². The fourth-order valence-electron chi connectivity index (χ4n) is 2.66. The van der Waals surface area contributed by atoms with Crippen LogP contribution in [-0.4, -0.2) is 18.4 Å². The summed E-state index contributed by atoms with van der Waals surface area (Å²) >= 11 is 0. The van der Waals surface area contributed by atoms with Crippen LogP contribution in [0.25, 0.3) is 0 Å². The maximum absolute atomic E-state index is 12.2. The van der Waals surface area contributed by atoms with Crippen LogP contribution in [0.15, 0.2) is 18.2 Å². The molecule has 2 nitrogen and oxygen atoms in total. The maximum atomic E-state index is 12.2. The second-order valence-corrected chi connectivity index (χ2v) is 5.36. The first-order chi connectivity index (χ1) is 8.68. The molecule has 0 spiro atoms. The Hall–Kier alpha value is -1.15. The van der Waals surface area contributed by atoms with E-state index < -0.39 is 0 Å². The quantitative estimate of drug-likeness (QED) is 0.824. The van der Waals surface area contributed by atoms with Gasteiger partial charge in [0.05, 0.1) is 0 Å². The molecule has 1 aliphatic rings. The Morgan fingerprint density at radius 3 is 2.89 bits per heavy atom. The van der Waals surface area contributed by atoms with Crippen molar-refractivity contribution in [1.29, 1.82) is 0 Å². The third-order valence-corrected chi connectivity index (χ3v) is 4.04. The Bertz CT molecular complexity index is 419. The van der Waals surface area contributed by atoms with Gasteiger partial charge in [0.25, 0.3) is 0 Å². The van der Waals surface area contributed by atoms with Crippen LogP contribution in [0, 0.1) is 13.8 Å². The number of hydrogen-bond acceptors (Lipinski definition) is 2. The summed E-state index contributed by atoms with van der Waals surface area (Å²) in [6.45, 7) is 5.22. The van der Waals surface area contributed by atoms with Gasteiger partial charge in [0, 0.05) is 18.0 Å². The minimum absolute atomic E-state index is 0.295. The molecule has 1 N–H and O–H groups in total. The number of nitrogens with one attached hydrogen (secondary N) is 1. The van der Waals surface area contributed by atoms with Gasteiger partial charge in [-0.2, -0.15) is 0 Å². The largest absolute Gasteiger partial charge is 0.314 e. The van der Waals surface area contributed by atoms with Gasteiger partial charge in [-0.05, 0) is 50.8 Å². The number of benzene rings is 1. The average Bonchev–Trinajstić information content (AvgIpc) is 2.40. The van der Waals surface area contributed by atoms with Gasteiger partial charge in [-0.3, -0.25) is 4.79 Å². The van der Waals surface area contributed by atoms with Gasteiger partial charge in [-0.25, -0.2) is 0 Å². The van der Waals surface area contributed by atoms with Gasteiger partial charge in [-0.15, -0.1) is 0 Å². The Morgan fingerprint density at radius 2 is 2.17 bits per heavy atom. The minimum atomic E-state index is 0.295. The summed E-state index contributed by atoms with van der Waals surface area (Å²) in [5.41, 5.74) is 3.25. The van der Waals surface area contributed by atoms with E-state index in [1.54, 1.807) is 0 Å². The first kappa shape index (κ1) is 13.3. The van der Waals surface area contributed by atoms with Crippen LogP contribution in [-0.2, 0) is 0 Å². The fraction of sp³-hybridized carbons (Fsp3) is 0.562. The van der Waals surface area contributed by atoms with E-state index >= 15 is 0 Å². The lowest BCUT2D eigenvalue weighted by Crippen LogP contribution is -2.34. The second kappa shape index (κ2) is 6.14. The molecule has 0 aliphatic carbocycles. The SMILES string of the molecule is Cc1cccc(C(=O)CCC2CCCCN2)c1C. The number of Topliss-reactive ketones (excluding diaryl/α,β-unsaturated/α-hetero) is 1. The summed E-state index contributed by atoms with van der Waals surface area (Å²) < 4.78 is 0. The molecule has 1 unspecified atom stereocenters. The van der Waals surface area contributed by atoms with Crippen molar-refractivity contribution in [3.8, 4) is 0 Å². The minimum Gasteiger partial charge on any atom is -0.314 e. The maximum Gasteiger partial charge on any atom is 0.163 e. The molecular formula is C16H23NO. The molecule has 0 amide bonds. The van der Waals surface area contributed by atoms with E-state index in [0.29, 0.717) is 18.2 Å². The topological polar surface area (TPSA) is 29.1 Å². The van der Waals surface area contributed by atoms with E-state index in [1.165, 1.54) is 24.8 Å². The van der Waals surface area contributed by atoms with Crippen molar-refractivity contribution in [1.82, 2.24) is 5.32 Å². The normalized spacial score (nSPS) is 19.8. The van der Waals surface area contributed by atoms with Crippen molar-refractivity contribution in [2.75, 3.05) is 6.54 Å². The molecule has 1 aromatic carbocycles. The third-order valence-electron chi connectivity index (χ3n) is 4.04. The van der Waals surface area contributed by atoms with Gasteiger partial charge >= 0.3 is 0 Å². The van der Waals surface area contributed by atoms with Crippen LogP contribution in [0.3, 0.4) is 0 Å². The molecule has 18 heavy (non-hydrogen) atoms. The van der Waals surface area contributed by atoms with Gasteiger partial charge in [0.15, 0.2) is 5.78 Å². The van der Waals surface area contributed by atoms with Crippen molar-refractivity contribution in [3.63, 3.8) is 0 Å². The van der Waals surface area contributed by atoms with Gasteiger partial charge < -0.3 is 5.32 Å². The zero-order valence-electron chi connectivity index (χ0n) is 11.5. The lowest BCUT2D eigenvalue weighted by atomic mass is 9.94. The second-order valence-electron chi connectivity index (χ2n) is 5.36. The Labute approximate surface area is 110 Å². The molecule has 1 heterocycles. The third kappa shape index (κ3) is 3.20. The van der Waals surface area contributed by atoms with Crippen molar-refractivity contribution in [2.24, 2.45) is 0 Å². The monoisotopic (exact) mass is 245 g/mol. The predicted octanol–water partition coefficient (Wildman–Crippen LogP) is 3.41. The Kier molecular flexibility index (Phi) is 4.54. The van der Waals surface area contributed by atoms with E-state index in [4.69, 9.17) is 0 Å². The number of carbonyl (C=O) groups excluding carboxylic acids is 1. The highest BCUT2D eigenvalue weighted by atomic mass is 16.1. The van der Waals surface area contributed by atoms with E-state index in [2.05, 4.69) is 18.3 Å². The molecule has 0 aromatic heterocycles. The number of aryl methyl sites for hydroxylation is 1. The van der Waals surface area contributed by atoms with Crippen molar-refractivity contribution in [2.45, 2.75) is 52.0 Å². The van der Waals surface area contributed by atoms with E-state index in [9.17, 15) is 4.79 Å². The highest BCUT2D eigenvalue weighted by Gasteiger charge is 2.16. The molecule has 1 saturated heterocycles. The number of ketones is 1. The first-order valence-electron chi connectivity index (χ1n) is 7.01. The van der Waals surface area contributed by atoms with Crippen LogP contribution >= 0.6 is 0 Å². The Morgan fingerprint density at radius 1 is 1.33 bits per heavy atom. The van der Waals surface area contributed by atoms with Crippen LogP contribution in [0.1, 0.15) is 53.6 Å². The zero-order chi connectivity index (χ0) is 13.0. The standard InChI is InChI=1S/C16H23NO/c1-12-6-5-8-15(13(12)2)16(18)10-9-14-7-3-4-11-17-14/h5-6,8,14,17H,3-4,7,9-11H2,1-2H3. The zero-order valence-corrected chi connectivity index (χ0v) is 11.5. The summed E-state index contributed by atoms with van der Waals surface area (Å²) in [7, 11) is 0. The number of rotatable bonds is 4. The smallest absolute Gasteiger partial charge is 0.163 e. The molecular weight excluding hydrogens is 222 g/mol. The average molecular weight is 245 g/mol. The summed E-state index contributed by atoms with van der Waals surface area (Å²) in [5.74, 6) is 0.295. The van der Waals surface area contributed by atoms with E-state index in [1.807, 2.05) is 19.1 Å². The van der Waals surface area contributed by atoms with Crippen LogP contribution in [0.4, 0.5) is 0 Å². The van der Waals surface area contributed by atoms with Gasteiger partial charge in [-0.1, -0.05) is 24.6 Å². The molecule has 2 rings (SSSR count). The molecule has 0 saturated carbocycles. The van der Waals surface area contributed by atoms with Gasteiger partial charge in [0.1, 0.15) is 0 Å². The van der Waals surface area contributed by atoms with Gasteiger partial charge in [0.2, 0.25) is 0 Å². The highest BCUT2D eigenvalue weighted by Crippen LogP contribution is 2.18. The summed E-state index contributed by atoms with van der Waals surface area (Å²) in [5, 5.41) is 3.50. The lowest BCUT2D eigenvalue weighted by Gasteiger charge is -2.23. The molecule has 1 fully saturated rings. The predicted molar refractivity (Wildman–Crippen MR) is 75.1 cm³/mol. The highest BCUT2D eigenvalue weighted by molar-refractivity contribution is 5.97. The van der Waals surface area contributed by atoms with Crippen molar-refractivity contribution < 1.29 is 4.79 Å². The lowest BCUT2D eigenvalue weighted by molar-refractivity contribution is 0.0973. The van der Waals surface area contributed by atoms with Crippen LogP contribution < -0.4 is 5.32 Å². The van der Waals surface area contributed by atoms with Crippen LogP contribution in [0.2, 0.25) is 0 Å². The number of carbonyl (C=O) groups is 1. The van der Waals surface area contributed by atoms with Crippen LogP contribution in [0.5, 0.6) is 0 Å². The fourth-order valence-corrected chi connectivity index (χ4v) is 2.66. The molecule has 2 heteroatoms. The Balaban J connectivity index is 1.93. The number of piperidine rings is 1. The molecule has 0 bridgehead atoms.